The zero-order valence-electron chi connectivity index (χ0n) is 17.1. The van der Waals surface area contributed by atoms with Crippen LogP contribution in [-0.4, -0.2) is 27.4 Å². The molecule has 6 heteroatoms. The molecule has 2 aromatic carbocycles. The van der Waals surface area contributed by atoms with Crippen molar-refractivity contribution < 1.29 is 4.79 Å². The van der Waals surface area contributed by atoms with Crippen LogP contribution in [-0.2, 0) is 6.42 Å². The van der Waals surface area contributed by atoms with Crippen molar-refractivity contribution in [3.8, 4) is 0 Å². The van der Waals surface area contributed by atoms with Gasteiger partial charge in [0.25, 0.3) is 5.91 Å². The van der Waals surface area contributed by atoms with Gasteiger partial charge in [0.05, 0.1) is 12.4 Å². The molecule has 0 unspecified atom stereocenters. The third-order valence-corrected chi connectivity index (χ3v) is 5.10. The number of anilines is 2. The summed E-state index contributed by atoms with van der Waals surface area (Å²) < 4.78 is 0. The predicted octanol–water partition coefficient (Wildman–Crippen LogP) is 4.99. The zero-order valence-corrected chi connectivity index (χ0v) is 17.1. The Kier molecular flexibility index (Phi) is 5.75. The molecule has 0 aliphatic rings. The van der Waals surface area contributed by atoms with E-state index in [-0.39, 0.29) is 11.6 Å². The van der Waals surface area contributed by atoms with Gasteiger partial charge in [-0.1, -0.05) is 44.2 Å². The highest BCUT2D eigenvalue weighted by Gasteiger charge is 2.09. The number of nitrogens with zero attached hydrogens (tertiary/aromatic N) is 2. The summed E-state index contributed by atoms with van der Waals surface area (Å²) in [5.74, 6) is 0.828. The van der Waals surface area contributed by atoms with Gasteiger partial charge >= 0.3 is 0 Å². The average Bonchev–Trinajstić information content (AvgIpc) is 3.18. The molecule has 0 saturated heterocycles. The number of aromatic amines is 1. The molecule has 2 heterocycles. The topological polar surface area (TPSA) is 82.7 Å². The average molecular weight is 399 g/mol. The van der Waals surface area contributed by atoms with E-state index in [4.69, 9.17) is 0 Å². The lowest BCUT2D eigenvalue weighted by Gasteiger charge is -2.09. The van der Waals surface area contributed by atoms with E-state index in [0.29, 0.717) is 11.7 Å². The number of fused-ring (bicyclic) bond motifs is 1. The monoisotopic (exact) mass is 399 g/mol. The van der Waals surface area contributed by atoms with E-state index in [1.54, 1.807) is 6.20 Å². The minimum absolute atomic E-state index is 0.273. The predicted molar refractivity (Wildman–Crippen MR) is 121 cm³/mol. The van der Waals surface area contributed by atoms with Crippen LogP contribution in [0.15, 0.2) is 67.1 Å². The number of nitrogens with one attached hydrogen (secondary N) is 3. The fourth-order valence-corrected chi connectivity index (χ4v) is 3.35. The third-order valence-electron chi connectivity index (χ3n) is 5.10. The Labute approximate surface area is 175 Å². The maximum Gasteiger partial charge on any atom is 0.275 e. The van der Waals surface area contributed by atoms with Crippen molar-refractivity contribution in [1.29, 1.82) is 0 Å². The summed E-state index contributed by atoms with van der Waals surface area (Å²) in [6.45, 7) is 5.00. The Morgan fingerprint density at radius 1 is 1.03 bits per heavy atom. The van der Waals surface area contributed by atoms with Crippen LogP contribution >= 0.6 is 0 Å². The second kappa shape index (κ2) is 8.78. The highest BCUT2D eigenvalue weighted by Crippen LogP contribution is 2.19. The van der Waals surface area contributed by atoms with Gasteiger partial charge < -0.3 is 15.6 Å². The van der Waals surface area contributed by atoms with Crippen molar-refractivity contribution in [2.24, 2.45) is 0 Å². The second-order valence-corrected chi connectivity index (χ2v) is 7.55. The zero-order chi connectivity index (χ0) is 20.9. The van der Waals surface area contributed by atoms with Gasteiger partial charge in [0.15, 0.2) is 0 Å². The molecule has 0 saturated carbocycles. The normalized spacial score (nSPS) is 11.0. The number of para-hydroxylation sites is 1. The first-order valence-corrected chi connectivity index (χ1v) is 10.1. The fraction of sp³-hybridized carbons (Fsp3) is 0.208. The van der Waals surface area contributed by atoms with Gasteiger partial charge in [-0.15, -0.1) is 0 Å². The Hall–Kier alpha value is -3.67. The SMILES string of the molecule is CC(C)c1ccc(NC(=O)c2cnc(NCCc3c[nH]c4ccccc34)cn2)cc1. The number of hydrogen-bond acceptors (Lipinski definition) is 4. The Balaban J connectivity index is 1.31. The van der Waals surface area contributed by atoms with E-state index in [9.17, 15) is 4.79 Å². The molecular formula is C24H25N5O. The van der Waals surface area contributed by atoms with Gasteiger partial charge in [-0.2, -0.15) is 0 Å². The van der Waals surface area contributed by atoms with E-state index < -0.39 is 0 Å². The van der Waals surface area contributed by atoms with Gasteiger partial charge in [0.1, 0.15) is 11.5 Å². The van der Waals surface area contributed by atoms with E-state index in [1.807, 2.05) is 42.6 Å². The number of rotatable bonds is 7. The molecule has 0 fully saturated rings. The van der Waals surface area contributed by atoms with Gasteiger partial charge in [-0.05, 0) is 41.7 Å². The standard InChI is InChI=1S/C24H25N5O/c1-16(2)17-7-9-19(10-8-17)29-24(30)22-14-28-23(15-27-22)25-12-11-18-13-26-21-6-4-3-5-20(18)21/h3-10,13-16,26H,11-12H2,1-2H3,(H,25,28)(H,29,30). The summed E-state index contributed by atoms with van der Waals surface area (Å²) in [6.07, 6.45) is 5.98. The summed E-state index contributed by atoms with van der Waals surface area (Å²) in [5, 5.41) is 7.35. The number of H-pyrrole nitrogens is 1. The fourth-order valence-electron chi connectivity index (χ4n) is 3.35. The van der Waals surface area contributed by atoms with Crippen molar-refractivity contribution in [1.82, 2.24) is 15.0 Å². The van der Waals surface area contributed by atoms with E-state index in [1.165, 1.54) is 22.7 Å². The van der Waals surface area contributed by atoms with Crippen LogP contribution in [0.1, 0.15) is 41.4 Å². The minimum atomic E-state index is -0.273. The summed E-state index contributed by atoms with van der Waals surface area (Å²) in [5.41, 5.74) is 4.65. The van der Waals surface area contributed by atoms with Crippen LogP contribution in [0.3, 0.4) is 0 Å². The molecule has 152 valence electrons. The van der Waals surface area contributed by atoms with Crippen molar-refractivity contribution >= 4 is 28.3 Å². The van der Waals surface area contributed by atoms with Crippen LogP contribution in [0.5, 0.6) is 0 Å². The molecule has 0 atom stereocenters. The largest absolute Gasteiger partial charge is 0.368 e. The number of benzene rings is 2. The molecule has 0 spiro atoms. The van der Waals surface area contributed by atoms with Crippen LogP contribution in [0, 0.1) is 0 Å². The lowest BCUT2D eigenvalue weighted by Crippen LogP contribution is -2.15. The van der Waals surface area contributed by atoms with Crippen LogP contribution < -0.4 is 10.6 Å². The molecule has 2 aromatic heterocycles. The van der Waals surface area contributed by atoms with Crippen LogP contribution in [0.2, 0.25) is 0 Å². The molecule has 0 bridgehead atoms. The molecule has 1 amide bonds. The molecule has 6 nitrogen and oxygen atoms in total. The quantitative estimate of drug-likeness (QED) is 0.409. The van der Waals surface area contributed by atoms with Gasteiger partial charge in [0.2, 0.25) is 0 Å². The smallest absolute Gasteiger partial charge is 0.275 e. The number of aromatic nitrogens is 3. The second-order valence-electron chi connectivity index (χ2n) is 7.55. The third kappa shape index (κ3) is 4.49. The molecule has 0 aliphatic carbocycles. The maximum atomic E-state index is 12.4. The maximum absolute atomic E-state index is 12.4. The summed E-state index contributed by atoms with van der Waals surface area (Å²) in [7, 11) is 0. The van der Waals surface area contributed by atoms with Crippen molar-refractivity contribution in [3.63, 3.8) is 0 Å². The first-order valence-electron chi connectivity index (χ1n) is 10.1. The highest BCUT2D eigenvalue weighted by atomic mass is 16.1. The van der Waals surface area contributed by atoms with Crippen molar-refractivity contribution in [2.45, 2.75) is 26.2 Å². The van der Waals surface area contributed by atoms with Gasteiger partial charge in [0, 0.05) is 29.3 Å². The minimum Gasteiger partial charge on any atom is -0.368 e. The number of carbonyl (C=O) groups is 1. The molecular weight excluding hydrogens is 374 g/mol. The molecule has 30 heavy (non-hydrogen) atoms. The Morgan fingerprint density at radius 2 is 1.83 bits per heavy atom. The highest BCUT2D eigenvalue weighted by molar-refractivity contribution is 6.02. The van der Waals surface area contributed by atoms with Gasteiger partial charge in [-0.3, -0.25) is 4.79 Å². The molecule has 4 aromatic rings. The first-order chi connectivity index (χ1) is 14.6. The summed E-state index contributed by atoms with van der Waals surface area (Å²) >= 11 is 0. The van der Waals surface area contributed by atoms with Crippen molar-refractivity contribution in [3.05, 3.63) is 83.9 Å². The van der Waals surface area contributed by atoms with Crippen molar-refractivity contribution in [2.75, 3.05) is 17.2 Å². The molecule has 0 aliphatic heterocycles. The van der Waals surface area contributed by atoms with E-state index >= 15 is 0 Å². The number of carbonyl (C=O) groups excluding carboxylic acids is 1. The van der Waals surface area contributed by atoms with Crippen LogP contribution in [0.4, 0.5) is 11.5 Å². The molecule has 3 N–H and O–H groups in total. The lowest BCUT2D eigenvalue weighted by atomic mass is 10.0. The van der Waals surface area contributed by atoms with E-state index in [2.05, 4.69) is 51.6 Å². The summed E-state index contributed by atoms with van der Waals surface area (Å²) in [4.78, 5) is 24.2. The molecule has 4 rings (SSSR count). The summed E-state index contributed by atoms with van der Waals surface area (Å²) in [6, 6.07) is 16.1. The lowest BCUT2D eigenvalue weighted by molar-refractivity contribution is 0.102. The molecule has 0 radical (unpaired) electrons. The number of hydrogen-bond donors (Lipinski definition) is 3. The van der Waals surface area contributed by atoms with Gasteiger partial charge in [-0.25, -0.2) is 9.97 Å². The first kappa shape index (κ1) is 19.6. The Morgan fingerprint density at radius 3 is 2.57 bits per heavy atom. The van der Waals surface area contributed by atoms with E-state index in [0.717, 1.165) is 24.2 Å². The number of amides is 1. The van der Waals surface area contributed by atoms with Crippen LogP contribution in [0.25, 0.3) is 10.9 Å². The Bertz CT molecular complexity index is 1130.